The van der Waals surface area contributed by atoms with Gasteiger partial charge in [-0.25, -0.2) is 42.1 Å². The number of fused-ring (bicyclic) bond motifs is 1. The van der Waals surface area contributed by atoms with Crippen molar-refractivity contribution in [1.29, 1.82) is 0 Å². The monoisotopic (exact) mass is 822 g/mol. The van der Waals surface area contributed by atoms with Crippen LogP contribution in [-0.4, -0.2) is 89.3 Å². The second-order valence-electron chi connectivity index (χ2n) is 16.3. The normalized spacial score (nSPS) is 16.6. The Morgan fingerprint density at radius 3 is 2.27 bits per heavy atom. The van der Waals surface area contributed by atoms with Crippen molar-refractivity contribution in [2.45, 2.75) is 96.7 Å². The lowest BCUT2D eigenvalue weighted by Gasteiger charge is -2.47. The zero-order valence-electron chi connectivity index (χ0n) is 33.4. The van der Waals surface area contributed by atoms with E-state index in [9.17, 15) is 33.0 Å². The number of anilines is 2. The maximum Gasteiger partial charge on any atom is 0.425 e. The summed E-state index contributed by atoms with van der Waals surface area (Å²) < 4.78 is 71.2. The number of amides is 2. The molecule has 0 aliphatic carbocycles. The number of imide groups is 1. The second kappa shape index (κ2) is 16.8. The Morgan fingerprint density at radius 1 is 0.949 bits per heavy atom. The van der Waals surface area contributed by atoms with Crippen LogP contribution < -0.4 is 15.1 Å². The molecule has 3 N–H and O–H groups in total. The van der Waals surface area contributed by atoms with E-state index in [-0.39, 0.29) is 54.3 Å². The molecule has 1 saturated heterocycles. The number of carbonyl (C=O) groups is 2. The molecule has 0 bridgehead atoms. The molecule has 18 heteroatoms. The molecule has 4 heterocycles. The number of phenols is 1. The number of hydrogen-bond donors (Lipinski definition) is 3. The summed E-state index contributed by atoms with van der Waals surface area (Å²) in [6.45, 7) is 10.1. The molecule has 0 spiro atoms. The van der Waals surface area contributed by atoms with E-state index in [0.29, 0.717) is 35.2 Å². The van der Waals surface area contributed by atoms with Gasteiger partial charge in [0.25, 0.3) is 6.43 Å². The van der Waals surface area contributed by atoms with Crippen LogP contribution in [0.15, 0.2) is 67.4 Å². The zero-order chi connectivity index (χ0) is 42.9. The van der Waals surface area contributed by atoms with Crippen molar-refractivity contribution >= 4 is 34.9 Å². The molecule has 1 aliphatic heterocycles. The first-order valence-corrected chi connectivity index (χ1v) is 18.8. The van der Waals surface area contributed by atoms with E-state index in [1.807, 2.05) is 30.3 Å². The number of imidazole rings is 1. The van der Waals surface area contributed by atoms with E-state index in [0.717, 1.165) is 18.0 Å². The molecule has 6 rings (SSSR count). The van der Waals surface area contributed by atoms with Gasteiger partial charge in [0.2, 0.25) is 0 Å². The summed E-state index contributed by atoms with van der Waals surface area (Å²) in [5.41, 5.74) is -1.95. The fourth-order valence-electron chi connectivity index (χ4n) is 6.87. The number of hydrogen-bond acceptors (Lipinski definition) is 12. The number of aliphatic hydroxyl groups excluding tert-OH is 1. The molecule has 1 fully saturated rings. The molecular weight excluding hydrogens is 776 g/mol. The summed E-state index contributed by atoms with van der Waals surface area (Å²) in [6.07, 6.45) is -2.77. The first-order chi connectivity index (χ1) is 27.7. The average molecular weight is 823 g/mol. The number of benzene rings is 2. The Kier molecular flexibility index (Phi) is 12.1. The molecule has 314 valence electrons. The number of nitrogens with zero attached hydrogens (tertiary/aromatic N) is 7. The van der Waals surface area contributed by atoms with Crippen LogP contribution >= 0.6 is 0 Å². The Labute approximate surface area is 337 Å². The standard InChI is InChI=1S/C41H46F4N8O6/c1-39(2,3)58-37(56)53(38(57)59-40(4,5)6)36-32-35(47-22-48-36)52(23-49-32)20-25-15-29(26-16-28(43)31(54)17-27(26)42)46-19-30(25)51-14-10-13-41(21-51,33(55)34(44)45)50-18-24-11-8-7-9-12-24/h7-9,11-12,15-17,19,22-23,33-34,50,54-55H,10,13-14,18,20-21H2,1-6H3/t33-,41-/m1/s1. The number of aromatic nitrogens is 5. The largest absolute Gasteiger partial charge is 0.505 e. The number of pyridine rings is 1. The Hall–Kier alpha value is -5.88. The number of rotatable bonds is 10. The Bertz CT molecular complexity index is 2290. The van der Waals surface area contributed by atoms with Crippen molar-refractivity contribution in [2.24, 2.45) is 0 Å². The topological polar surface area (TPSA) is 168 Å². The fraction of sp³-hybridized carbons (Fsp3) is 0.415. The molecule has 0 unspecified atom stereocenters. The maximum atomic E-state index is 15.2. The van der Waals surface area contributed by atoms with Gasteiger partial charge in [0.15, 0.2) is 28.5 Å². The lowest BCUT2D eigenvalue weighted by Crippen LogP contribution is -2.65. The number of aliphatic hydroxyl groups is 1. The Morgan fingerprint density at radius 2 is 1.63 bits per heavy atom. The summed E-state index contributed by atoms with van der Waals surface area (Å²) >= 11 is 0. The second-order valence-corrected chi connectivity index (χ2v) is 16.3. The third-order valence-electron chi connectivity index (χ3n) is 9.52. The van der Waals surface area contributed by atoms with Crippen molar-refractivity contribution in [3.63, 3.8) is 0 Å². The molecule has 14 nitrogen and oxygen atoms in total. The van der Waals surface area contributed by atoms with Gasteiger partial charge >= 0.3 is 12.2 Å². The van der Waals surface area contributed by atoms with Crippen LogP contribution in [-0.2, 0) is 22.6 Å². The van der Waals surface area contributed by atoms with Crippen LogP contribution in [0.2, 0.25) is 0 Å². The molecule has 2 amide bonds. The third kappa shape index (κ3) is 9.71. The lowest BCUT2D eigenvalue weighted by atomic mass is 9.82. The van der Waals surface area contributed by atoms with Gasteiger partial charge in [-0.3, -0.25) is 4.98 Å². The minimum atomic E-state index is -3.07. The highest BCUT2D eigenvalue weighted by Gasteiger charge is 2.46. The minimum Gasteiger partial charge on any atom is -0.505 e. The summed E-state index contributed by atoms with van der Waals surface area (Å²) in [6, 6.07) is 12.1. The molecule has 3 aromatic heterocycles. The number of carbonyl (C=O) groups excluding carboxylic acids is 2. The maximum absolute atomic E-state index is 15.2. The molecule has 2 aromatic carbocycles. The highest BCUT2D eigenvalue weighted by Crippen LogP contribution is 2.36. The van der Waals surface area contributed by atoms with E-state index in [2.05, 4.69) is 25.3 Å². The summed E-state index contributed by atoms with van der Waals surface area (Å²) in [5, 5.41) is 24.1. The van der Waals surface area contributed by atoms with E-state index >= 15 is 4.39 Å². The predicted molar refractivity (Wildman–Crippen MR) is 210 cm³/mol. The number of ether oxygens (including phenoxy) is 2. The van der Waals surface area contributed by atoms with Crippen molar-refractivity contribution < 1.29 is 46.8 Å². The highest BCUT2D eigenvalue weighted by atomic mass is 19.3. The zero-order valence-corrected chi connectivity index (χ0v) is 33.4. The molecular formula is C41H46F4N8O6. The number of aromatic hydroxyl groups is 1. The van der Waals surface area contributed by atoms with Crippen molar-refractivity contribution in [3.05, 3.63) is 90.1 Å². The minimum absolute atomic E-state index is 0.00820. The predicted octanol–water partition coefficient (Wildman–Crippen LogP) is 7.35. The molecule has 1 aliphatic rings. The molecule has 5 aromatic rings. The summed E-state index contributed by atoms with van der Waals surface area (Å²) in [4.78, 5) is 47.0. The molecule has 2 atom stereocenters. The van der Waals surface area contributed by atoms with Gasteiger partial charge in [-0.1, -0.05) is 30.3 Å². The van der Waals surface area contributed by atoms with Gasteiger partial charge in [-0.05, 0) is 77.6 Å². The quantitative estimate of drug-likeness (QED) is 0.120. The molecule has 59 heavy (non-hydrogen) atoms. The SMILES string of the molecule is CC(C)(C)OC(=O)N(C(=O)OC(C)(C)C)c1ncnc2c1ncn2Cc1cc(-c2cc(F)c(O)cc2F)ncc1N1CCC[C@](NCc2ccccc2)([C@H](O)C(F)F)C1. The third-order valence-corrected chi connectivity index (χ3v) is 9.52. The van der Waals surface area contributed by atoms with Crippen LogP contribution in [0, 0.1) is 11.6 Å². The molecule has 0 radical (unpaired) electrons. The lowest BCUT2D eigenvalue weighted by molar-refractivity contribution is -0.0657. The first kappa shape index (κ1) is 42.7. The summed E-state index contributed by atoms with van der Waals surface area (Å²) in [5.74, 6) is -3.15. The van der Waals surface area contributed by atoms with E-state index in [4.69, 9.17) is 9.47 Å². The highest BCUT2D eigenvalue weighted by molar-refractivity contribution is 6.12. The van der Waals surface area contributed by atoms with Crippen LogP contribution in [0.4, 0.5) is 38.7 Å². The van der Waals surface area contributed by atoms with E-state index < -0.39 is 58.8 Å². The van der Waals surface area contributed by atoms with E-state index in [1.54, 1.807) is 51.0 Å². The fourth-order valence-corrected chi connectivity index (χ4v) is 6.87. The van der Waals surface area contributed by atoms with Gasteiger partial charge < -0.3 is 34.5 Å². The van der Waals surface area contributed by atoms with Gasteiger partial charge in [0, 0.05) is 31.3 Å². The summed E-state index contributed by atoms with van der Waals surface area (Å²) in [7, 11) is 0. The van der Waals surface area contributed by atoms with E-state index in [1.165, 1.54) is 18.6 Å². The smallest absolute Gasteiger partial charge is 0.425 e. The van der Waals surface area contributed by atoms with Crippen LogP contribution in [0.3, 0.4) is 0 Å². The number of nitrogens with one attached hydrogen (secondary N) is 1. The van der Waals surface area contributed by atoms with Crippen LogP contribution in [0.25, 0.3) is 22.4 Å². The van der Waals surface area contributed by atoms with Gasteiger partial charge in [-0.2, -0.15) is 4.90 Å². The van der Waals surface area contributed by atoms with Gasteiger partial charge in [0.05, 0.1) is 36.0 Å². The van der Waals surface area contributed by atoms with Crippen LogP contribution in [0.1, 0.15) is 65.5 Å². The van der Waals surface area contributed by atoms with Gasteiger partial charge in [0.1, 0.15) is 29.5 Å². The number of phenolic OH excluding ortho intramolecular Hbond substituents is 1. The van der Waals surface area contributed by atoms with Crippen molar-refractivity contribution in [1.82, 2.24) is 29.8 Å². The van der Waals surface area contributed by atoms with Crippen molar-refractivity contribution in [3.8, 4) is 17.0 Å². The van der Waals surface area contributed by atoms with Crippen LogP contribution in [0.5, 0.6) is 5.75 Å². The van der Waals surface area contributed by atoms with Crippen molar-refractivity contribution in [2.75, 3.05) is 22.9 Å². The number of piperidine rings is 1. The number of alkyl halides is 2. The Balaban J connectivity index is 1.44. The number of halogens is 4. The first-order valence-electron chi connectivity index (χ1n) is 18.8. The van der Waals surface area contributed by atoms with Gasteiger partial charge in [-0.15, -0.1) is 0 Å². The average Bonchev–Trinajstić information content (AvgIpc) is 3.57. The molecule has 0 saturated carbocycles.